The number of carbonyl (C=O) groups excluding carboxylic acids is 3. The van der Waals surface area contributed by atoms with Gasteiger partial charge >= 0.3 is 6.09 Å². The Balaban J connectivity index is 1.14. The molecule has 11 heteroatoms. The molecule has 0 saturated carbocycles. The number of aliphatic hydroxyl groups excluding tert-OH is 1. The quantitative estimate of drug-likeness (QED) is 0.339. The third kappa shape index (κ3) is 7.30. The third-order valence-corrected chi connectivity index (χ3v) is 8.74. The largest absolute Gasteiger partial charge is 0.445 e. The van der Waals surface area contributed by atoms with E-state index in [-0.39, 0.29) is 37.8 Å². The van der Waals surface area contributed by atoms with Crippen LogP contribution in [0, 0.1) is 5.92 Å². The second kappa shape index (κ2) is 14.5. The summed E-state index contributed by atoms with van der Waals surface area (Å²) in [7, 11) is 0. The summed E-state index contributed by atoms with van der Waals surface area (Å²) in [4.78, 5) is 41.9. The molecule has 3 aromatic carbocycles. The van der Waals surface area contributed by atoms with Crippen LogP contribution >= 0.6 is 0 Å². The van der Waals surface area contributed by atoms with E-state index in [1.54, 1.807) is 24.3 Å². The van der Waals surface area contributed by atoms with Gasteiger partial charge in [-0.2, -0.15) is 0 Å². The van der Waals surface area contributed by atoms with E-state index in [4.69, 9.17) is 18.9 Å². The van der Waals surface area contributed by atoms with Gasteiger partial charge in [0.2, 0.25) is 5.91 Å². The van der Waals surface area contributed by atoms with Crippen LogP contribution in [0.4, 0.5) is 10.5 Å². The first-order valence-corrected chi connectivity index (χ1v) is 15.6. The van der Waals surface area contributed by atoms with Gasteiger partial charge in [0.25, 0.3) is 5.91 Å². The van der Waals surface area contributed by atoms with Gasteiger partial charge in [0, 0.05) is 31.1 Å². The zero-order valence-corrected chi connectivity index (χ0v) is 25.7. The normalized spacial score (nSPS) is 25.4. The maximum Gasteiger partial charge on any atom is 0.408 e. The van der Waals surface area contributed by atoms with E-state index in [2.05, 4.69) is 17.1 Å². The monoisotopic (exact) mass is 629 g/mol. The lowest BCUT2D eigenvalue weighted by Gasteiger charge is -2.43. The Morgan fingerprint density at radius 1 is 0.913 bits per heavy atom. The van der Waals surface area contributed by atoms with Crippen LogP contribution in [0.1, 0.15) is 48.0 Å². The Morgan fingerprint density at radius 2 is 1.61 bits per heavy atom. The number of nitrogens with one attached hydrogen (secondary N) is 1. The molecule has 6 rings (SSSR count). The van der Waals surface area contributed by atoms with E-state index < -0.39 is 30.2 Å². The van der Waals surface area contributed by atoms with Gasteiger partial charge in [0.1, 0.15) is 12.6 Å². The highest BCUT2D eigenvalue weighted by atomic mass is 16.7. The number of amides is 3. The first-order valence-electron chi connectivity index (χ1n) is 15.6. The maximum atomic E-state index is 13.2. The van der Waals surface area contributed by atoms with Crippen molar-refractivity contribution in [1.29, 1.82) is 0 Å². The summed E-state index contributed by atoms with van der Waals surface area (Å²) in [6, 6.07) is 22.9. The van der Waals surface area contributed by atoms with Crippen molar-refractivity contribution in [2.45, 2.75) is 51.1 Å². The number of rotatable bonds is 9. The lowest BCUT2D eigenvalue weighted by atomic mass is 9.90. The highest BCUT2D eigenvalue weighted by Gasteiger charge is 2.42. The predicted octanol–water partition coefficient (Wildman–Crippen LogP) is 3.86. The molecule has 2 N–H and O–H groups in total. The first-order chi connectivity index (χ1) is 22.4. The minimum Gasteiger partial charge on any atom is -0.445 e. The van der Waals surface area contributed by atoms with Crippen molar-refractivity contribution in [1.82, 2.24) is 10.2 Å². The van der Waals surface area contributed by atoms with Crippen molar-refractivity contribution in [3.63, 3.8) is 0 Å². The molecule has 0 bridgehead atoms. The molecule has 0 aromatic heterocycles. The second-order valence-electron chi connectivity index (χ2n) is 11.9. The van der Waals surface area contributed by atoms with E-state index >= 15 is 0 Å². The van der Waals surface area contributed by atoms with Crippen molar-refractivity contribution < 1.29 is 38.4 Å². The second-order valence-corrected chi connectivity index (χ2v) is 11.9. The van der Waals surface area contributed by atoms with Gasteiger partial charge in [-0.25, -0.2) is 9.69 Å². The molecule has 3 aromatic rings. The number of hydrogen-bond acceptors (Lipinski definition) is 9. The summed E-state index contributed by atoms with van der Waals surface area (Å²) in [5, 5.41) is 12.0. The highest BCUT2D eigenvalue weighted by Crippen LogP contribution is 2.42. The zero-order chi connectivity index (χ0) is 32.0. The highest BCUT2D eigenvalue weighted by molar-refractivity contribution is 6.22. The topological polar surface area (TPSA) is 127 Å². The minimum atomic E-state index is -1.01. The molecule has 5 atom stereocenters. The summed E-state index contributed by atoms with van der Waals surface area (Å²) in [5.41, 5.74) is 3.78. The number of alkyl carbamates (subject to hydrolysis) is 1. The van der Waals surface area contributed by atoms with Crippen molar-refractivity contribution >= 4 is 23.6 Å². The van der Waals surface area contributed by atoms with Crippen LogP contribution in [0.2, 0.25) is 0 Å². The van der Waals surface area contributed by atoms with Crippen LogP contribution in [-0.4, -0.2) is 72.9 Å². The maximum absolute atomic E-state index is 13.2. The summed E-state index contributed by atoms with van der Waals surface area (Å²) >= 11 is 0. The van der Waals surface area contributed by atoms with E-state index in [0.29, 0.717) is 18.9 Å². The molecule has 3 aliphatic heterocycles. The van der Waals surface area contributed by atoms with E-state index in [1.165, 1.54) is 0 Å². The molecule has 3 aliphatic rings. The summed E-state index contributed by atoms with van der Waals surface area (Å²) in [6.07, 6.45) is -1.99. The van der Waals surface area contributed by atoms with Crippen molar-refractivity contribution in [2.75, 3.05) is 37.7 Å². The van der Waals surface area contributed by atoms with Gasteiger partial charge in [0.15, 0.2) is 6.29 Å². The number of aliphatic hydroxyl groups is 1. The standard InChI is InChI=1S/C35H39N3O8/c1-23-30(20-37-15-17-43-18-16-37)45-34(46-32(23)26-9-7-24(21-39)8-10-26)27-11-13-28(14-12-27)38-31(40)19-29(33(38)41)36-35(42)44-22-25-5-3-2-4-6-25/h2-14,23,29-30,32,34,39H,15-22H2,1H3,(H,36,42)/t23-,29?,30+,32+,34+/m0/s1. The SMILES string of the molecule is C[C@H]1[C@@H](CN2CCOCC2)O[C@@H](c2ccc(N3C(=O)CC(NC(=O)OCc4ccccc4)C3=O)cc2)O[C@H]1c1ccc(CO)cc1. The fourth-order valence-electron chi connectivity index (χ4n) is 6.07. The summed E-state index contributed by atoms with van der Waals surface area (Å²) in [5.74, 6) is -0.894. The van der Waals surface area contributed by atoms with Gasteiger partial charge in [-0.1, -0.05) is 73.7 Å². The molecular weight excluding hydrogens is 590 g/mol. The van der Waals surface area contributed by atoms with Gasteiger partial charge < -0.3 is 29.4 Å². The molecule has 46 heavy (non-hydrogen) atoms. The number of carbonyl (C=O) groups is 3. The molecule has 3 saturated heterocycles. The van der Waals surface area contributed by atoms with Crippen LogP contribution in [0.5, 0.6) is 0 Å². The molecule has 0 aliphatic carbocycles. The Kier molecular flexibility index (Phi) is 10.1. The van der Waals surface area contributed by atoms with Gasteiger partial charge in [-0.3, -0.25) is 14.5 Å². The number of ether oxygens (including phenoxy) is 4. The third-order valence-electron chi connectivity index (χ3n) is 8.74. The average Bonchev–Trinajstić information content (AvgIpc) is 3.37. The van der Waals surface area contributed by atoms with E-state index in [0.717, 1.165) is 46.8 Å². The Labute approximate surface area is 268 Å². The van der Waals surface area contributed by atoms with Gasteiger partial charge in [-0.15, -0.1) is 0 Å². The van der Waals surface area contributed by atoms with Crippen molar-refractivity contribution in [2.24, 2.45) is 5.92 Å². The fraction of sp³-hybridized carbons (Fsp3) is 0.400. The van der Waals surface area contributed by atoms with E-state index in [9.17, 15) is 19.5 Å². The van der Waals surface area contributed by atoms with Crippen molar-refractivity contribution in [3.8, 4) is 0 Å². The number of morpholine rings is 1. The predicted molar refractivity (Wildman–Crippen MR) is 167 cm³/mol. The van der Waals surface area contributed by atoms with Crippen LogP contribution in [0.25, 0.3) is 0 Å². The molecular formula is C35H39N3O8. The number of anilines is 1. The number of benzene rings is 3. The molecule has 0 spiro atoms. The number of imide groups is 1. The zero-order valence-electron chi connectivity index (χ0n) is 25.7. The van der Waals surface area contributed by atoms with Gasteiger partial charge in [-0.05, 0) is 28.8 Å². The molecule has 3 fully saturated rings. The van der Waals surface area contributed by atoms with Crippen LogP contribution in [-0.2, 0) is 41.8 Å². The van der Waals surface area contributed by atoms with Gasteiger partial charge in [0.05, 0.1) is 44.1 Å². The fourth-order valence-corrected chi connectivity index (χ4v) is 6.07. The summed E-state index contributed by atoms with van der Waals surface area (Å²) in [6.45, 7) is 5.92. The lowest BCUT2D eigenvalue weighted by Crippen LogP contribution is -2.47. The molecule has 0 radical (unpaired) electrons. The molecule has 3 heterocycles. The molecule has 242 valence electrons. The Morgan fingerprint density at radius 3 is 2.30 bits per heavy atom. The van der Waals surface area contributed by atoms with Crippen molar-refractivity contribution in [3.05, 3.63) is 101 Å². The molecule has 1 unspecified atom stereocenters. The molecule has 3 amide bonds. The van der Waals surface area contributed by atoms with Crippen LogP contribution in [0.3, 0.4) is 0 Å². The van der Waals surface area contributed by atoms with Crippen LogP contribution in [0.15, 0.2) is 78.9 Å². The molecule has 11 nitrogen and oxygen atoms in total. The van der Waals surface area contributed by atoms with Crippen LogP contribution < -0.4 is 10.2 Å². The first kappa shape index (κ1) is 31.8. The smallest absolute Gasteiger partial charge is 0.408 e. The average molecular weight is 630 g/mol. The van der Waals surface area contributed by atoms with E-state index in [1.807, 2.05) is 54.6 Å². The minimum absolute atomic E-state index is 0.0315. The summed E-state index contributed by atoms with van der Waals surface area (Å²) < 4.78 is 23.9. The number of nitrogens with zero attached hydrogens (tertiary/aromatic N) is 2. The Hall–Kier alpha value is -4.13. The Bertz CT molecular complexity index is 1490. The number of hydrogen-bond donors (Lipinski definition) is 2. The lowest BCUT2D eigenvalue weighted by molar-refractivity contribution is -0.277.